The van der Waals surface area contributed by atoms with Crippen LogP contribution in [0.25, 0.3) is 0 Å². The highest BCUT2D eigenvalue weighted by Crippen LogP contribution is 2.29. The number of hydrogen-bond donors (Lipinski definition) is 1. The van der Waals surface area contributed by atoms with Crippen molar-refractivity contribution in [1.82, 2.24) is 0 Å². The van der Waals surface area contributed by atoms with Gasteiger partial charge in [-0.2, -0.15) is 0 Å². The molecule has 0 fully saturated rings. The minimum atomic E-state index is -3.82. The molecule has 0 unspecified atom stereocenters. The molecule has 128 valence electrons. The van der Waals surface area contributed by atoms with Crippen molar-refractivity contribution >= 4 is 37.6 Å². The molecular formula is C16H16BrNO5S. The molecule has 0 heterocycles. The van der Waals surface area contributed by atoms with Crippen molar-refractivity contribution in [2.45, 2.75) is 11.8 Å². The van der Waals surface area contributed by atoms with Crippen molar-refractivity contribution in [2.75, 3.05) is 18.9 Å². The average Bonchev–Trinajstić information content (AvgIpc) is 2.55. The van der Waals surface area contributed by atoms with Crippen LogP contribution in [0.3, 0.4) is 0 Å². The van der Waals surface area contributed by atoms with Gasteiger partial charge < -0.3 is 9.47 Å². The molecular weight excluding hydrogens is 398 g/mol. The minimum Gasteiger partial charge on any atom is -0.496 e. The van der Waals surface area contributed by atoms with E-state index in [9.17, 15) is 13.2 Å². The first kappa shape index (κ1) is 18.3. The van der Waals surface area contributed by atoms with Crippen molar-refractivity contribution in [1.29, 1.82) is 0 Å². The Hall–Kier alpha value is -2.06. The number of hydrogen-bond acceptors (Lipinski definition) is 5. The number of aryl methyl sites for hydroxylation is 1. The second kappa shape index (κ2) is 7.23. The third kappa shape index (κ3) is 3.88. The van der Waals surface area contributed by atoms with E-state index in [0.29, 0.717) is 21.5 Å². The molecule has 2 aromatic rings. The normalized spacial score (nSPS) is 11.0. The topological polar surface area (TPSA) is 81.7 Å². The summed E-state index contributed by atoms with van der Waals surface area (Å²) in [5, 5.41) is 0. The Morgan fingerprint density at radius 2 is 1.83 bits per heavy atom. The van der Waals surface area contributed by atoms with Crippen LogP contribution >= 0.6 is 15.9 Å². The Balaban J connectivity index is 2.39. The number of anilines is 1. The molecule has 24 heavy (non-hydrogen) atoms. The fraction of sp³-hybridized carbons (Fsp3) is 0.188. The fourth-order valence-electron chi connectivity index (χ4n) is 1.99. The van der Waals surface area contributed by atoms with Crippen molar-refractivity contribution < 1.29 is 22.7 Å². The van der Waals surface area contributed by atoms with Crippen molar-refractivity contribution in [3.8, 4) is 5.75 Å². The third-order valence-electron chi connectivity index (χ3n) is 3.34. The average molecular weight is 414 g/mol. The van der Waals surface area contributed by atoms with Crippen LogP contribution in [0.1, 0.15) is 15.9 Å². The summed E-state index contributed by atoms with van der Waals surface area (Å²) in [5.41, 5.74) is 1.25. The molecule has 2 rings (SSSR count). The maximum atomic E-state index is 12.6. The molecule has 0 aliphatic carbocycles. The van der Waals surface area contributed by atoms with Crippen molar-refractivity contribution in [3.05, 3.63) is 52.0 Å². The molecule has 8 heteroatoms. The van der Waals surface area contributed by atoms with Gasteiger partial charge >= 0.3 is 5.97 Å². The van der Waals surface area contributed by atoms with E-state index < -0.39 is 16.0 Å². The van der Waals surface area contributed by atoms with Crippen molar-refractivity contribution in [2.24, 2.45) is 0 Å². The predicted molar refractivity (Wildman–Crippen MR) is 94.0 cm³/mol. The Bertz CT molecular complexity index is 880. The summed E-state index contributed by atoms with van der Waals surface area (Å²) in [7, 11) is -1.06. The van der Waals surface area contributed by atoms with Gasteiger partial charge in [0.15, 0.2) is 0 Å². The first-order valence-corrected chi connectivity index (χ1v) is 9.11. The molecule has 0 aliphatic rings. The lowest BCUT2D eigenvalue weighted by Gasteiger charge is -2.13. The van der Waals surface area contributed by atoms with Gasteiger partial charge in [0.25, 0.3) is 10.0 Å². The van der Waals surface area contributed by atoms with Crippen LogP contribution in [0.15, 0.2) is 45.8 Å². The van der Waals surface area contributed by atoms with E-state index in [0.717, 1.165) is 0 Å². The van der Waals surface area contributed by atoms with E-state index in [4.69, 9.17) is 4.74 Å². The van der Waals surface area contributed by atoms with Gasteiger partial charge in [-0.25, -0.2) is 13.2 Å². The first-order valence-electron chi connectivity index (χ1n) is 6.84. The van der Waals surface area contributed by atoms with Gasteiger partial charge in [0, 0.05) is 0 Å². The standard InChI is InChI=1S/C16H16BrNO5S/c1-10-4-5-11(16(19)23-3)8-14(10)18-24(20,21)12-6-7-15(22-2)13(17)9-12/h4-9,18H,1-3H3. The molecule has 0 saturated heterocycles. The SMILES string of the molecule is COC(=O)c1ccc(C)c(NS(=O)(=O)c2ccc(OC)c(Br)c2)c1. The maximum Gasteiger partial charge on any atom is 0.337 e. The summed E-state index contributed by atoms with van der Waals surface area (Å²) in [5.74, 6) is -0.0135. The monoisotopic (exact) mass is 413 g/mol. The smallest absolute Gasteiger partial charge is 0.337 e. The van der Waals surface area contributed by atoms with Crippen LogP contribution in [0, 0.1) is 6.92 Å². The number of carbonyl (C=O) groups is 1. The lowest BCUT2D eigenvalue weighted by molar-refractivity contribution is 0.0601. The Morgan fingerprint density at radius 3 is 2.42 bits per heavy atom. The van der Waals surface area contributed by atoms with Crippen LogP contribution in [0.4, 0.5) is 5.69 Å². The van der Waals surface area contributed by atoms with Crippen LogP contribution < -0.4 is 9.46 Å². The van der Waals surface area contributed by atoms with Gasteiger partial charge in [-0.15, -0.1) is 0 Å². The predicted octanol–water partition coefficient (Wildman–Crippen LogP) is 3.35. The van der Waals surface area contributed by atoms with E-state index >= 15 is 0 Å². The minimum absolute atomic E-state index is 0.0676. The molecule has 0 bridgehead atoms. The van der Waals surface area contributed by atoms with Crippen molar-refractivity contribution in [3.63, 3.8) is 0 Å². The summed E-state index contributed by atoms with van der Waals surface area (Å²) in [6.07, 6.45) is 0. The summed E-state index contributed by atoms with van der Waals surface area (Å²) < 4.78 is 37.9. The third-order valence-corrected chi connectivity index (χ3v) is 5.32. The molecule has 0 spiro atoms. The Labute approximate surface area is 149 Å². The van der Waals surface area contributed by atoms with Crippen LogP contribution in [-0.4, -0.2) is 28.6 Å². The molecule has 2 aromatic carbocycles. The van der Waals surface area contributed by atoms with Crippen LogP contribution in [-0.2, 0) is 14.8 Å². The number of halogens is 1. The van der Waals surface area contributed by atoms with Gasteiger partial charge in [0.05, 0.1) is 34.8 Å². The molecule has 1 N–H and O–H groups in total. The zero-order chi connectivity index (χ0) is 17.9. The number of benzene rings is 2. The zero-order valence-corrected chi connectivity index (χ0v) is 15.7. The van der Waals surface area contributed by atoms with Gasteiger partial charge in [0.2, 0.25) is 0 Å². The molecule has 0 radical (unpaired) electrons. The van der Waals surface area contributed by atoms with E-state index in [2.05, 4.69) is 25.4 Å². The summed E-state index contributed by atoms with van der Waals surface area (Å²) in [4.78, 5) is 11.7. The second-order valence-corrected chi connectivity index (χ2v) is 7.46. The van der Waals surface area contributed by atoms with Gasteiger partial charge in [-0.05, 0) is 58.7 Å². The van der Waals surface area contributed by atoms with E-state index in [-0.39, 0.29) is 10.5 Å². The maximum absolute atomic E-state index is 12.6. The Morgan fingerprint density at radius 1 is 1.12 bits per heavy atom. The summed E-state index contributed by atoms with van der Waals surface area (Å²) >= 11 is 3.26. The van der Waals surface area contributed by atoms with E-state index in [1.54, 1.807) is 25.1 Å². The first-order chi connectivity index (χ1) is 11.3. The Kier molecular flexibility index (Phi) is 5.51. The highest BCUT2D eigenvalue weighted by atomic mass is 79.9. The molecule has 0 aromatic heterocycles. The second-order valence-electron chi connectivity index (χ2n) is 4.92. The van der Waals surface area contributed by atoms with Crippen LogP contribution in [0.5, 0.6) is 5.75 Å². The number of esters is 1. The number of sulfonamides is 1. The molecule has 0 atom stereocenters. The number of methoxy groups -OCH3 is 2. The number of nitrogens with one attached hydrogen (secondary N) is 1. The van der Waals surface area contributed by atoms with E-state index in [1.165, 1.54) is 32.4 Å². The lowest BCUT2D eigenvalue weighted by Crippen LogP contribution is -2.14. The highest BCUT2D eigenvalue weighted by molar-refractivity contribution is 9.10. The number of rotatable bonds is 5. The molecule has 0 amide bonds. The summed E-state index contributed by atoms with van der Waals surface area (Å²) in [6.45, 7) is 1.74. The van der Waals surface area contributed by atoms with Gasteiger partial charge in [-0.3, -0.25) is 4.72 Å². The van der Waals surface area contributed by atoms with Gasteiger partial charge in [0.1, 0.15) is 5.75 Å². The fourth-order valence-corrected chi connectivity index (χ4v) is 3.83. The zero-order valence-electron chi connectivity index (χ0n) is 13.3. The largest absolute Gasteiger partial charge is 0.496 e. The molecule has 6 nitrogen and oxygen atoms in total. The highest BCUT2D eigenvalue weighted by Gasteiger charge is 2.18. The van der Waals surface area contributed by atoms with Gasteiger partial charge in [-0.1, -0.05) is 6.07 Å². The van der Waals surface area contributed by atoms with E-state index in [1.807, 2.05) is 0 Å². The number of ether oxygens (including phenoxy) is 2. The lowest BCUT2D eigenvalue weighted by atomic mass is 10.1. The van der Waals surface area contributed by atoms with Crippen LogP contribution in [0.2, 0.25) is 0 Å². The summed E-state index contributed by atoms with van der Waals surface area (Å²) in [6, 6.07) is 9.09. The molecule has 0 saturated carbocycles. The number of carbonyl (C=O) groups excluding carboxylic acids is 1. The quantitative estimate of drug-likeness (QED) is 0.759. The molecule has 0 aliphatic heterocycles.